The van der Waals surface area contributed by atoms with Crippen LogP contribution in [0.3, 0.4) is 0 Å². The van der Waals surface area contributed by atoms with Crippen LogP contribution in [0.15, 0.2) is 59.5 Å². The van der Waals surface area contributed by atoms with E-state index in [4.69, 9.17) is 0 Å². The Morgan fingerprint density at radius 3 is 2.41 bits per heavy atom. The summed E-state index contributed by atoms with van der Waals surface area (Å²) < 4.78 is 27.8. The lowest BCUT2D eigenvalue weighted by Gasteiger charge is -2.35. The van der Waals surface area contributed by atoms with Gasteiger partial charge in [0.25, 0.3) is 0 Å². The predicted molar refractivity (Wildman–Crippen MR) is 113 cm³/mol. The van der Waals surface area contributed by atoms with Crippen LogP contribution in [-0.2, 0) is 21.2 Å². The first-order valence-corrected chi connectivity index (χ1v) is 11.7. The molecule has 0 aromatic heterocycles. The second-order valence-electron chi connectivity index (χ2n) is 7.76. The first kappa shape index (κ1) is 20.1. The van der Waals surface area contributed by atoms with E-state index in [2.05, 4.69) is 15.7 Å². The number of carbonyl (C=O) groups is 1. The van der Waals surface area contributed by atoms with Crippen LogP contribution in [0.25, 0.3) is 0 Å². The van der Waals surface area contributed by atoms with Gasteiger partial charge in [0.05, 0.1) is 11.4 Å². The summed E-state index contributed by atoms with van der Waals surface area (Å²) in [7, 11) is -3.49. The van der Waals surface area contributed by atoms with Crippen molar-refractivity contribution in [3.63, 3.8) is 0 Å². The van der Waals surface area contributed by atoms with Crippen molar-refractivity contribution in [2.24, 2.45) is 0 Å². The van der Waals surface area contributed by atoms with Gasteiger partial charge in [-0.1, -0.05) is 36.4 Å². The topological polar surface area (TPSA) is 69.7 Å². The molecular formula is C22H27N3O3S. The van der Waals surface area contributed by atoms with Crippen LogP contribution >= 0.6 is 0 Å². The van der Waals surface area contributed by atoms with E-state index in [0.717, 1.165) is 25.1 Å². The molecule has 2 aliphatic rings. The third-order valence-corrected chi connectivity index (χ3v) is 7.27. The molecule has 0 unspecified atom stereocenters. The van der Waals surface area contributed by atoms with Crippen LogP contribution in [0.5, 0.6) is 0 Å². The van der Waals surface area contributed by atoms with Crippen molar-refractivity contribution in [1.29, 1.82) is 0 Å². The number of amides is 1. The number of benzene rings is 2. The summed E-state index contributed by atoms with van der Waals surface area (Å²) in [5.74, 6) is 0.125. The van der Waals surface area contributed by atoms with Crippen LogP contribution in [0, 0.1) is 0 Å². The molecule has 4 rings (SSSR count). The van der Waals surface area contributed by atoms with E-state index in [1.165, 1.54) is 5.56 Å². The molecule has 6 nitrogen and oxygen atoms in total. The fraction of sp³-hybridized carbons (Fsp3) is 0.409. The molecule has 154 valence electrons. The molecule has 29 heavy (non-hydrogen) atoms. The normalized spacial score (nSPS) is 18.4. The van der Waals surface area contributed by atoms with Crippen LogP contribution in [-0.4, -0.2) is 51.4 Å². The van der Waals surface area contributed by atoms with Gasteiger partial charge in [-0.3, -0.25) is 9.69 Å². The maximum atomic E-state index is 12.9. The Morgan fingerprint density at radius 2 is 1.66 bits per heavy atom. The SMILES string of the molecule is O=C(CN1CCC(NS(=O)(=O)c2ccccc2)CC1)N1CCCc2ccccc21. The number of para-hydroxylation sites is 1. The second-order valence-corrected chi connectivity index (χ2v) is 9.48. The number of hydrogen-bond donors (Lipinski definition) is 1. The Hall–Kier alpha value is -2.22. The van der Waals surface area contributed by atoms with Crippen molar-refractivity contribution in [1.82, 2.24) is 9.62 Å². The van der Waals surface area contributed by atoms with Crippen LogP contribution < -0.4 is 9.62 Å². The lowest BCUT2D eigenvalue weighted by atomic mass is 10.0. The summed E-state index contributed by atoms with van der Waals surface area (Å²) >= 11 is 0. The molecule has 0 saturated carbocycles. The Kier molecular flexibility index (Phi) is 5.99. The number of anilines is 1. The largest absolute Gasteiger partial charge is 0.311 e. The molecule has 0 radical (unpaired) electrons. The van der Waals surface area contributed by atoms with Gasteiger partial charge in [0.1, 0.15) is 0 Å². The van der Waals surface area contributed by atoms with Gasteiger partial charge < -0.3 is 4.90 Å². The zero-order valence-electron chi connectivity index (χ0n) is 16.5. The lowest BCUT2D eigenvalue weighted by Crippen LogP contribution is -2.48. The molecule has 0 spiro atoms. The van der Waals surface area contributed by atoms with Gasteiger partial charge in [-0.15, -0.1) is 0 Å². The molecule has 1 N–H and O–H groups in total. The molecule has 2 heterocycles. The number of rotatable bonds is 5. The molecule has 0 atom stereocenters. The number of nitrogens with one attached hydrogen (secondary N) is 1. The summed E-state index contributed by atoms with van der Waals surface area (Å²) in [5.41, 5.74) is 2.27. The van der Waals surface area contributed by atoms with Crippen molar-refractivity contribution >= 4 is 21.6 Å². The predicted octanol–water partition coefficient (Wildman–Crippen LogP) is 2.41. The summed E-state index contributed by atoms with van der Waals surface area (Å²) in [6.45, 7) is 2.57. The molecule has 0 bridgehead atoms. The summed E-state index contributed by atoms with van der Waals surface area (Å²) in [6, 6.07) is 16.5. The summed E-state index contributed by atoms with van der Waals surface area (Å²) in [5, 5.41) is 0. The molecular weight excluding hydrogens is 386 g/mol. The maximum absolute atomic E-state index is 12.9. The van der Waals surface area contributed by atoms with Crippen LogP contribution in [0.2, 0.25) is 0 Å². The minimum absolute atomic E-state index is 0.0951. The Morgan fingerprint density at radius 1 is 0.966 bits per heavy atom. The van der Waals surface area contributed by atoms with Crippen LogP contribution in [0.1, 0.15) is 24.8 Å². The number of piperidine rings is 1. The first-order chi connectivity index (χ1) is 14.0. The molecule has 1 fully saturated rings. The quantitative estimate of drug-likeness (QED) is 0.817. The molecule has 1 saturated heterocycles. The number of hydrogen-bond acceptors (Lipinski definition) is 4. The number of fused-ring (bicyclic) bond motifs is 1. The van der Waals surface area contributed by atoms with E-state index < -0.39 is 10.0 Å². The number of likely N-dealkylation sites (tertiary alicyclic amines) is 1. The third-order valence-electron chi connectivity index (χ3n) is 5.73. The number of carbonyl (C=O) groups excluding carboxylic acids is 1. The van der Waals surface area contributed by atoms with Gasteiger partial charge in [0.15, 0.2) is 0 Å². The molecule has 7 heteroatoms. The monoisotopic (exact) mass is 413 g/mol. The number of aryl methyl sites for hydroxylation is 1. The van der Waals surface area contributed by atoms with Crippen molar-refractivity contribution in [3.05, 3.63) is 60.2 Å². The van der Waals surface area contributed by atoms with E-state index in [1.807, 2.05) is 23.1 Å². The molecule has 0 aliphatic carbocycles. The lowest BCUT2D eigenvalue weighted by molar-refractivity contribution is -0.120. The van der Waals surface area contributed by atoms with Gasteiger partial charge in [0.2, 0.25) is 15.9 Å². The van der Waals surface area contributed by atoms with Crippen molar-refractivity contribution in [2.45, 2.75) is 36.6 Å². The van der Waals surface area contributed by atoms with Gasteiger partial charge in [-0.2, -0.15) is 0 Å². The first-order valence-electron chi connectivity index (χ1n) is 10.2. The van der Waals surface area contributed by atoms with Gasteiger partial charge >= 0.3 is 0 Å². The Bertz CT molecular complexity index is 954. The highest BCUT2D eigenvalue weighted by Gasteiger charge is 2.28. The van der Waals surface area contributed by atoms with Gasteiger partial charge in [-0.05, 0) is 49.4 Å². The van der Waals surface area contributed by atoms with E-state index in [9.17, 15) is 13.2 Å². The van der Waals surface area contributed by atoms with Gasteiger partial charge in [0, 0.05) is 31.4 Å². The second kappa shape index (κ2) is 8.65. The summed E-state index contributed by atoms with van der Waals surface area (Å²) in [6.07, 6.45) is 3.42. The highest BCUT2D eigenvalue weighted by Crippen LogP contribution is 2.27. The molecule has 2 aromatic carbocycles. The van der Waals surface area contributed by atoms with Gasteiger partial charge in [-0.25, -0.2) is 13.1 Å². The van der Waals surface area contributed by atoms with Crippen molar-refractivity contribution in [3.8, 4) is 0 Å². The smallest absolute Gasteiger partial charge is 0.241 e. The standard InChI is InChI=1S/C22H27N3O3S/c26-22(25-14-6-8-18-7-4-5-11-21(18)25)17-24-15-12-19(13-16-24)23-29(27,28)20-9-2-1-3-10-20/h1-5,7,9-11,19,23H,6,8,12-17H2. The zero-order valence-corrected chi connectivity index (χ0v) is 17.3. The Balaban J connectivity index is 1.31. The van der Waals surface area contributed by atoms with Crippen LogP contribution in [0.4, 0.5) is 5.69 Å². The molecule has 1 amide bonds. The van der Waals surface area contributed by atoms with E-state index in [0.29, 0.717) is 37.4 Å². The highest BCUT2D eigenvalue weighted by molar-refractivity contribution is 7.89. The number of sulfonamides is 1. The highest BCUT2D eigenvalue weighted by atomic mass is 32.2. The minimum Gasteiger partial charge on any atom is -0.311 e. The Labute approximate surface area is 172 Å². The van der Waals surface area contributed by atoms with E-state index in [-0.39, 0.29) is 11.9 Å². The molecule has 2 aromatic rings. The third kappa shape index (κ3) is 4.69. The zero-order chi connectivity index (χ0) is 20.3. The van der Waals surface area contributed by atoms with E-state index in [1.54, 1.807) is 30.3 Å². The number of nitrogens with zero attached hydrogens (tertiary/aromatic N) is 2. The average Bonchev–Trinajstić information content (AvgIpc) is 2.75. The minimum atomic E-state index is -3.49. The fourth-order valence-corrected chi connectivity index (χ4v) is 5.49. The fourth-order valence-electron chi connectivity index (χ4n) is 4.17. The molecule has 2 aliphatic heterocycles. The summed E-state index contributed by atoms with van der Waals surface area (Å²) in [4.78, 5) is 17.2. The van der Waals surface area contributed by atoms with Crippen molar-refractivity contribution < 1.29 is 13.2 Å². The van der Waals surface area contributed by atoms with Crippen molar-refractivity contribution in [2.75, 3.05) is 31.1 Å². The average molecular weight is 414 g/mol. The van der Waals surface area contributed by atoms with E-state index >= 15 is 0 Å². The maximum Gasteiger partial charge on any atom is 0.241 e.